The molecule has 0 fully saturated rings. The molecule has 6 heteroatoms. The van der Waals surface area contributed by atoms with Crippen molar-refractivity contribution in [1.29, 1.82) is 0 Å². The molecule has 0 spiro atoms. The lowest BCUT2D eigenvalue weighted by atomic mass is 10.2. The molecular formula is C15H18BrN3O2. The van der Waals surface area contributed by atoms with Gasteiger partial charge in [-0.05, 0) is 38.1 Å². The Bertz CT molecular complexity index is 588. The molecule has 1 aromatic heterocycles. The third-order valence-electron chi connectivity index (χ3n) is 3.18. The average molecular weight is 352 g/mol. The smallest absolute Gasteiger partial charge is 0.251 e. The topological polar surface area (TPSA) is 67.2 Å². The number of aromatic nitrogens is 1. The van der Waals surface area contributed by atoms with Crippen LogP contribution in [0.15, 0.2) is 33.3 Å². The number of nitrogens with zero attached hydrogens (tertiary/aromatic N) is 1. The van der Waals surface area contributed by atoms with E-state index in [0.717, 1.165) is 21.5 Å². The van der Waals surface area contributed by atoms with Crippen LogP contribution in [0.1, 0.15) is 27.4 Å². The van der Waals surface area contributed by atoms with Gasteiger partial charge >= 0.3 is 0 Å². The van der Waals surface area contributed by atoms with Gasteiger partial charge in [0.15, 0.2) is 0 Å². The molecule has 0 atom stereocenters. The van der Waals surface area contributed by atoms with Gasteiger partial charge in [0.05, 0.1) is 5.69 Å². The van der Waals surface area contributed by atoms with Crippen molar-refractivity contribution in [2.45, 2.75) is 20.4 Å². The van der Waals surface area contributed by atoms with E-state index in [1.165, 1.54) is 0 Å². The van der Waals surface area contributed by atoms with Gasteiger partial charge in [0, 0.05) is 35.2 Å². The molecule has 1 amide bonds. The standard InChI is InChI=1S/C15H18BrN3O2/c1-10-14(11(2)21-19-10)9-17-7-8-18-15(20)12-3-5-13(16)6-4-12/h3-6,17H,7-9H2,1-2H3,(H,18,20). The molecule has 0 aliphatic heterocycles. The second-order valence-electron chi connectivity index (χ2n) is 4.74. The van der Waals surface area contributed by atoms with Crippen molar-refractivity contribution >= 4 is 21.8 Å². The molecule has 1 heterocycles. The molecule has 5 nitrogen and oxygen atoms in total. The average Bonchev–Trinajstić information content (AvgIpc) is 2.79. The van der Waals surface area contributed by atoms with Crippen LogP contribution in [0.2, 0.25) is 0 Å². The molecule has 2 rings (SSSR count). The van der Waals surface area contributed by atoms with Crippen molar-refractivity contribution in [3.8, 4) is 0 Å². The highest BCUT2D eigenvalue weighted by molar-refractivity contribution is 9.10. The van der Waals surface area contributed by atoms with Crippen LogP contribution in [0.25, 0.3) is 0 Å². The molecule has 2 N–H and O–H groups in total. The normalized spacial score (nSPS) is 10.6. The summed E-state index contributed by atoms with van der Waals surface area (Å²) in [7, 11) is 0. The highest BCUT2D eigenvalue weighted by atomic mass is 79.9. The van der Waals surface area contributed by atoms with Crippen LogP contribution in [-0.2, 0) is 6.54 Å². The number of carbonyl (C=O) groups excluding carboxylic acids is 1. The van der Waals surface area contributed by atoms with Crippen molar-refractivity contribution in [3.63, 3.8) is 0 Å². The minimum Gasteiger partial charge on any atom is -0.361 e. The van der Waals surface area contributed by atoms with Crippen molar-refractivity contribution in [3.05, 3.63) is 51.3 Å². The monoisotopic (exact) mass is 351 g/mol. The predicted molar refractivity (Wildman–Crippen MR) is 84.2 cm³/mol. The zero-order valence-corrected chi connectivity index (χ0v) is 13.7. The zero-order valence-electron chi connectivity index (χ0n) is 12.1. The fourth-order valence-electron chi connectivity index (χ4n) is 1.94. The highest BCUT2D eigenvalue weighted by Crippen LogP contribution is 2.11. The quantitative estimate of drug-likeness (QED) is 0.785. The summed E-state index contributed by atoms with van der Waals surface area (Å²) in [4.78, 5) is 11.9. The van der Waals surface area contributed by atoms with Crippen LogP contribution >= 0.6 is 15.9 Å². The lowest BCUT2D eigenvalue weighted by Gasteiger charge is -2.07. The van der Waals surface area contributed by atoms with E-state index < -0.39 is 0 Å². The first-order valence-electron chi connectivity index (χ1n) is 6.74. The largest absolute Gasteiger partial charge is 0.361 e. The van der Waals surface area contributed by atoms with Gasteiger partial charge in [-0.1, -0.05) is 21.1 Å². The van der Waals surface area contributed by atoms with E-state index >= 15 is 0 Å². The fourth-order valence-corrected chi connectivity index (χ4v) is 2.20. The Hall–Kier alpha value is -1.66. The Labute approximate surface area is 132 Å². The van der Waals surface area contributed by atoms with E-state index in [1.807, 2.05) is 26.0 Å². The van der Waals surface area contributed by atoms with Crippen LogP contribution in [0.4, 0.5) is 0 Å². The summed E-state index contributed by atoms with van der Waals surface area (Å²) in [6.45, 7) is 5.76. The van der Waals surface area contributed by atoms with Gasteiger partial charge in [-0.25, -0.2) is 0 Å². The maximum atomic E-state index is 11.9. The molecular weight excluding hydrogens is 334 g/mol. The summed E-state index contributed by atoms with van der Waals surface area (Å²) in [5, 5.41) is 10.0. The predicted octanol–water partition coefficient (Wildman–Crippen LogP) is 2.57. The minimum absolute atomic E-state index is 0.0679. The second kappa shape index (κ2) is 7.38. The van der Waals surface area contributed by atoms with E-state index in [0.29, 0.717) is 25.2 Å². The fraction of sp³-hybridized carbons (Fsp3) is 0.333. The molecule has 112 valence electrons. The van der Waals surface area contributed by atoms with Gasteiger partial charge in [-0.2, -0.15) is 0 Å². The third kappa shape index (κ3) is 4.41. The summed E-state index contributed by atoms with van der Waals surface area (Å²) >= 11 is 3.34. The molecule has 0 aliphatic carbocycles. The molecule has 0 bridgehead atoms. The number of aryl methyl sites for hydroxylation is 2. The molecule has 2 aromatic rings. The maximum Gasteiger partial charge on any atom is 0.251 e. The molecule has 21 heavy (non-hydrogen) atoms. The van der Waals surface area contributed by atoms with Gasteiger partial charge < -0.3 is 15.2 Å². The molecule has 1 aromatic carbocycles. The van der Waals surface area contributed by atoms with E-state index in [1.54, 1.807) is 12.1 Å². The summed E-state index contributed by atoms with van der Waals surface area (Å²) < 4.78 is 6.05. The summed E-state index contributed by atoms with van der Waals surface area (Å²) in [6, 6.07) is 7.28. The highest BCUT2D eigenvalue weighted by Gasteiger charge is 2.08. The van der Waals surface area contributed by atoms with Gasteiger partial charge in [0.1, 0.15) is 5.76 Å². The Morgan fingerprint density at radius 2 is 1.95 bits per heavy atom. The van der Waals surface area contributed by atoms with E-state index in [4.69, 9.17) is 4.52 Å². The number of hydrogen-bond acceptors (Lipinski definition) is 4. The van der Waals surface area contributed by atoms with Gasteiger partial charge in [0.2, 0.25) is 0 Å². The number of benzene rings is 1. The summed E-state index contributed by atoms with van der Waals surface area (Å²) in [5.41, 5.74) is 2.64. The number of rotatable bonds is 6. The number of nitrogens with one attached hydrogen (secondary N) is 2. The van der Waals surface area contributed by atoms with Crippen molar-refractivity contribution in [1.82, 2.24) is 15.8 Å². The Kier molecular flexibility index (Phi) is 5.52. The van der Waals surface area contributed by atoms with Crippen molar-refractivity contribution < 1.29 is 9.32 Å². The third-order valence-corrected chi connectivity index (χ3v) is 3.71. The second-order valence-corrected chi connectivity index (χ2v) is 5.66. The first-order chi connectivity index (χ1) is 10.1. The lowest BCUT2D eigenvalue weighted by Crippen LogP contribution is -2.31. The molecule has 0 unspecified atom stereocenters. The molecule has 0 saturated carbocycles. The van der Waals surface area contributed by atoms with Crippen LogP contribution in [0, 0.1) is 13.8 Å². The van der Waals surface area contributed by atoms with Crippen molar-refractivity contribution in [2.24, 2.45) is 0 Å². The number of amides is 1. The van der Waals surface area contributed by atoms with Gasteiger partial charge in [0.25, 0.3) is 5.91 Å². The first kappa shape index (κ1) is 15.7. The van der Waals surface area contributed by atoms with Crippen molar-refractivity contribution in [2.75, 3.05) is 13.1 Å². The Morgan fingerprint density at radius 1 is 1.24 bits per heavy atom. The molecule has 0 saturated heterocycles. The van der Waals surface area contributed by atoms with E-state index in [9.17, 15) is 4.79 Å². The van der Waals surface area contributed by atoms with Gasteiger partial charge in [-0.15, -0.1) is 0 Å². The number of halogens is 1. The van der Waals surface area contributed by atoms with Crippen LogP contribution < -0.4 is 10.6 Å². The number of hydrogen-bond donors (Lipinski definition) is 2. The van der Waals surface area contributed by atoms with E-state index in [2.05, 4.69) is 31.7 Å². The summed E-state index contributed by atoms with van der Waals surface area (Å²) in [5.74, 6) is 0.764. The minimum atomic E-state index is -0.0679. The SMILES string of the molecule is Cc1noc(C)c1CNCCNC(=O)c1ccc(Br)cc1. The summed E-state index contributed by atoms with van der Waals surface area (Å²) in [6.07, 6.45) is 0. The Morgan fingerprint density at radius 3 is 2.57 bits per heavy atom. The first-order valence-corrected chi connectivity index (χ1v) is 7.53. The van der Waals surface area contributed by atoms with Crippen LogP contribution in [-0.4, -0.2) is 24.2 Å². The molecule has 0 radical (unpaired) electrons. The zero-order chi connectivity index (χ0) is 15.2. The number of carbonyl (C=O) groups is 1. The molecule has 0 aliphatic rings. The van der Waals surface area contributed by atoms with Crippen LogP contribution in [0.5, 0.6) is 0 Å². The van der Waals surface area contributed by atoms with Gasteiger partial charge in [-0.3, -0.25) is 4.79 Å². The van der Waals surface area contributed by atoms with E-state index in [-0.39, 0.29) is 5.91 Å². The lowest BCUT2D eigenvalue weighted by molar-refractivity contribution is 0.0954. The maximum absolute atomic E-state index is 11.9. The Balaban J connectivity index is 1.70. The van der Waals surface area contributed by atoms with Crippen LogP contribution in [0.3, 0.4) is 0 Å².